The number of imide groups is 1. The zero-order valence-corrected chi connectivity index (χ0v) is 19.8. The molecule has 0 spiro atoms. The van der Waals surface area contributed by atoms with Crippen LogP contribution < -0.4 is 16.3 Å². The Bertz CT molecular complexity index is 1080. The van der Waals surface area contributed by atoms with Crippen molar-refractivity contribution >= 4 is 28.9 Å². The Morgan fingerprint density at radius 1 is 1.06 bits per heavy atom. The van der Waals surface area contributed by atoms with Gasteiger partial charge in [0.05, 0.1) is 44.0 Å². The van der Waals surface area contributed by atoms with Crippen LogP contribution in [0.5, 0.6) is 0 Å². The van der Waals surface area contributed by atoms with Gasteiger partial charge in [-0.05, 0) is 39.3 Å². The number of piperidine rings is 1. The number of rotatable bonds is 10. The highest BCUT2D eigenvalue weighted by molar-refractivity contribution is 6.00. The van der Waals surface area contributed by atoms with Crippen molar-refractivity contribution < 1.29 is 28.6 Å². The van der Waals surface area contributed by atoms with Crippen LogP contribution in [0.3, 0.4) is 0 Å². The Morgan fingerprint density at radius 2 is 1.74 bits per heavy atom. The third-order valence-electron chi connectivity index (χ3n) is 5.14. The van der Waals surface area contributed by atoms with Gasteiger partial charge in [-0.1, -0.05) is 12.1 Å². The number of amides is 3. The number of carbonyl (C=O) groups excluding carboxylic acids is 3. The molecule has 1 atom stereocenters. The molecule has 11 nitrogen and oxygen atoms in total. The molecule has 2 aromatic rings. The van der Waals surface area contributed by atoms with Crippen molar-refractivity contribution in [2.75, 3.05) is 33.0 Å². The molecule has 1 fully saturated rings. The second-order valence-electron chi connectivity index (χ2n) is 8.91. The number of nitrogens with one attached hydrogen (secondary N) is 2. The second kappa shape index (κ2) is 11.3. The van der Waals surface area contributed by atoms with E-state index in [1.807, 2.05) is 12.1 Å². The molecule has 2 N–H and O–H groups in total. The van der Waals surface area contributed by atoms with Crippen molar-refractivity contribution in [1.82, 2.24) is 19.8 Å². The van der Waals surface area contributed by atoms with E-state index in [9.17, 15) is 19.2 Å². The van der Waals surface area contributed by atoms with E-state index in [-0.39, 0.29) is 31.0 Å². The first-order valence-corrected chi connectivity index (χ1v) is 11.3. The van der Waals surface area contributed by atoms with Crippen LogP contribution in [-0.2, 0) is 30.3 Å². The van der Waals surface area contributed by atoms with Gasteiger partial charge in [0.15, 0.2) is 0 Å². The van der Waals surface area contributed by atoms with Crippen LogP contribution in [0.4, 0.5) is 4.79 Å². The standard InChI is InChI=1S/C23H32N4O7/c1-23(2,3)34-21(30)24-10-12-32-14-15-33-13-11-26-16-6-4-5-7-17(16)27(22(26)31)18-8-9-19(28)25-20(18)29/h4-7,18H,8-15H2,1-3H3,(H,24,30)(H,25,28,29). The Kier molecular flexibility index (Phi) is 8.46. The number of benzene rings is 1. The SMILES string of the molecule is CC(C)(C)OC(=O)NCCOCCOCCn1c(=O)n(C2CCC(=O)NC2=O)c2ccccc21. The van der Waals surface area contributed by atoms with Gasteiger partial charge in [0.25, 0.3) is 0 Å². The molecule has 2 heterocycles. The molecule has 0 aliphatic carbocycles. The second-order valence-corrected chi connectivity index (χ2v) is 8.91. The summed E-state index contributed by atoms with van der Waals surface area (Å²) in [4.78, 5) is 48.5. The summed E-state index contributed by atoms with van der Waals surface area (Å²) in [6, 6.07) is 6.52. The summed E-state index contributed by atoms with van der Waals surface area (Å²) in [7, 11) is 0. The van der Waals surface area contributed by atoms with Crippen molar-refractivity contribution in [3.8, 4) is 0 Å². The fourth-order valence-corrected chi connectivity index (χ4v) is 3.70. The number of aromatic nitrogens is 2. The predicted octanol–water partition coefficient (Wildman–Crippen LogP) is 1.34. The number of imidazole rings is 1. The highest BCUT2D eigenvalue weighted by Crippen LogP contribution is 2.23. The first-order valence-electron chi connectivity index (χ1n) is 11.3. The van der Waals surface area contributed by atoms with Gasteiger partial charge in [0, 0.05) is 13.0 Å². The number of alkyl carbamates (subject to hydrolysis) is 1. The summed E-state index contributed by atoms with van der Waals surface area (Å²) < 4.78 is 19.2. The lowest BCUT2D eigenvalue weighted by atomic mass is 10.1. The lowest BCUT2D eigenvalue weighted by Crippen LogP contribution is -2.44. The van der Waals surface area contributed by atoms with Crippen LogP contribution in [-0.4, -0.2) is 65.6 Å². The third-order valence-corrected chi connectivity index (χ3v) is 5.14. The minimum Gasteiger partial charge on any atom is -0.444 e. The topological polar surface area (TPSA) is 130 Å². The molecule has 1 aliphatic heterocycles. The smallest absolute Gasteiger partial charge is 0.407 e. The Labute approximate surface area is 197 Å². The van der Waals surface area contributed by atoms with Crippen molar-refractivity contribution in [1.29, 1.82) is 0 Å². The number of fused-ring (bicyclic) bond motifs is 1. The monoisotopic (exact) mass is 476 g/mol. The molecule has 186 valence electrons. The molecule has 1 aromatic heterocycles. The van der Waals surface area contributed by atoms with Gasteiger partial charge in [0.2, 0.25) is 11.8 Å². The summed E-state index contributed by atoms with van der Waals surface area (Å²) in [6.45, 7) is 7.27. The van der Waals surface area contributed by atoms with E-state index < -0.39 is 23.6 Å². The minimum absolute atomic E-state index is 0.193. The van der Waals surface area contributed by atoms with Crippen molar-refractivity contribution in [3.05, 3.63) is 34.7 Å². The molecule has 0 bridgehead atoms. The molecule has 1 aromatic carbocycles. The number of ether oxygens (including phenoxy) is 3. The van der Waals surface area contributed by atoms with Gasteiger partial charge >= 0.3 is 11.8 Å². The number of hydrogen-bond acceptors (Lipinski definition) is 7. The maximum absolute atomic E-state index is 13.1. The summed E-state index contributed by atoms with van der Waals surface area (Å²) in [5, 5.41) is 4.92. The number of carbonyl (C=O) groups is 3. The van der Waals surface area contributed by atoms with E-state index in [0.29, 0.717) is 43.9 Å². The van der Waals surface area contributed by atoms with E-state index in [2.05, 4.69) is 10.6 Å². The maximum Gasteiger partial charge on any atom is 0.407 e. The van der Waals surface area contributed by atoms with E-state index >= 15 is 0 Å². The molecule has 0 radical (unpaired) electrons. The fraction of sp³-hybridized carbons (Fsp3) is 0.565. The average molecular weight is 477 g/mol. The molecular weight excluding hydrogens is 444 g/mol. The normalized spacial score (nSPS) is 16.5. The molecule has 3 rings (SSSR count). The van der Waals surface area contributed by atoms with Crippen molar-refractivity contribution in [2.45, 2.75) is 51.8 Å². The quantitative estimate of drug-likeness (QED) is 0.391. The van der Waals surface area contributed by atoms with Gasteiger partial charge < -0.3 is 19.5 Å². The summed E-state index contributed by atoms with van der Waals surface area (Å²) in [5.74, 6) is -0.787. The highest BCUT2D eigenvalue weighted by atomic mass is 16.6. The van der Waals surface area contributed by atoms with Crippen LogP contribution in [0.25, 0.3) is 11.0 Å². The van der Waals surface area contributed by atoms with E-state index in [0.717, 1.165) is 0 Å². The van der Waals surface area contributed by atoms with E-state index in [1.165, 1.54) is 4.57 Å². The van der Waals surface area contributed by atoms with Crippen molar-refractivity contribution in [3.63, 3.8) is 0 Å². The van der Waals surface area contributed by atoms with E-state index in [4.69, 9.17) is 14.2 Å². The van der Waals surface area contributed by atoms with Crippen LogP contribution in [0.2, 0.25) is 0 Å². The first kappa shape index (κ1) is 25.4. The van der Waals surface area contributed by atoms with E-state index in [1.54, 1.807) is 37.5 Å². The summed E-state index contributed by atoms with van der Waals surface area (Å²) in [5.41, 5.74) is 0.478. The van der Waals surface area contributed by atoms with Crippen LogP contribution in [0, 0.1) is 0 Å². The number of nitrogens with zero attached hydrogens (tertiary/aromatic N) is 2. The molecular formula is C23H32N4O7. The van der Waals surface area contributed by atoms with Crippen molar-refractivity contribution in [2.24, 2.45) is 0 Å². The van der Waals surface area contributed by atoms with Crippen LogP contribution in [0.1, 0.15) is 39.7 Å². The Balaban J connectivity index is 1.46. The zero-order chi connectivity index (χ0) is 24.7. The molecule has 3 amide bonds. The van der Waals surface area contributed by atoms with Gasteiger partial charge in [-0.2, -0.15) is 0 Å². The summed E-state index contributed by atoms with van der Waals surface area (Å²) >= 11 is 0. The van der Waals surface area contributed by atoms with Crippen LogP contribution >= 0.6 is 0 Å². The fourth-order valence-electron chi connectivity index (χ4n) is 3.70. The number of para-hydroxylation sites is 2. The first-order chi connectivity index (χ1) is 16.2. The summed E-state index contributed by atoms with van der Waals surface area (Å²) in [6.07, 6.45) is -0.0113. The van der Waals surface area contributed by atoms with Gasteiger partial charge in [-0.15, -0.1) is 0 Å². The molecule has 1 aliphatic rings. The van der Waals surface area contributed by atoms with Gasteiger partial charge in [0.1, 0.15) is 11.6 Å². The lowest BCUT2D eigenvalue weighted by Gasteiger charge is -2.21. The zero-order valence-electron chi connectivity index (χ0n) is 19.8. The van der Waals surface area contributed by atoms with Crippen LogP contribution in [0.15, 0.2) is 29.1 Å². The molecule has 1 unspecified atom stereocenters. The van der Waals surface area contributed by atoms with Gasteiger partial charge in [-0.3, -0.25) is 24.0 Å². The Hall–Kier alpha value is -3.18. The molecule has 1 saturated heterocycles. The molecule has 0 saturated carbocycles. The van der Waals surface area contributed by atoms with Gasteiger partial charge in [-0.25, -0.2) is 9.59 Å². The lowest BCUT2D eigenvalue weighted by molar-refractivity contribution is -0.135. The third kappa shape index (κ3) is 6.67. The molecule has 11 heteroatoms. The highest BCUT2D eigenvalue weighted by Gasteiger charge is 2.31. The Morgan fingerprint density at radius 3 is 2.41 bits per heavy atom. The number of hydrogen-bond donors (Lipinski definition) is 2. The predicted molar refractivity (Wildman–Crippen MR) is 123 cm³/mol. The largest absolute Gasteiger partial charge is 0.444 e. The average Bonchev–Trinajstić information content (AvgIpc) is 3.03. The maximum atomic E-state index is 13.1. The minimum atomic E-state index is -0.722. The molecule has 34 heavy (non-hydrogen) atoms.